The van der Waals surface area contributed by atoms with E-state index in [-0.39, 0.29) is 5.91 Å². The van der Waals surface area contributed by atoms with Gasteiger partial charge in [0.25, 0.3) is 5.91 Å². The highest BCUT2D eigenvalue weighted by Crippen LogP contribution is 2.32. The number of carbonyl (C=O) groups is 1. The summed E-state index contributed by atoms with van der Waals surface area (Å²) in [6.07, 6.45) is 1.98. The van der Waals surface area contributed by atoms with Gasteiger partial charge in [-0.1, -0.05) is 6.92 Å². The van der Waals surface area contributed by atoms with Crippen molar-refractivity contribution in [1.29, 1.82) is 0 Å². The Hall–Kier alpha value is -1.11. The summed E-state index contributed by atoms with van der Waals surface area (Å²) >= 11 is 3.18. The molecule has 1 aromatic heterocycles. The average molecular weight is 321 g/mol. The van der Waals surface area contributed by atoms with Gasteiger partial charge < -0.3 is 9.80 Å². The molecule has 2 aliphatic rings. The van der Waals surface area contributed by atoms with Gasteiger partial charge in [-0.3, -0.25) is 4.79 Å². The fraction of sp³-hybridized carbons (Fsp3) is 0.467. The molecule has 0 aromatic carbocycles. The van der Waals surface area contributed by atoms with Crippen LogP contribution in [0.25, 0.3) is 6.08 Å². The second-order valence-corrected chi connectivity index (χ2v) is 7.16. The van der Waals surface area contributed by atoms with Gasteiger partial charge in [0.2, 0.25) is 0 Å². The number of aliphatic imine (C=N–C) groups is 1. The summed E-state index contributed by atoms with van der Waals surface area (Å²) in [7, 11) is 0. The van der Waals surface area contributed by atoms with Crippen LogP contribution in [0.1, 0.15) is 17.4 Å². The Bertz CT molecular complexity index is 598. The lowest BCUT2D eigenvalue weighted by Gasteiger charge is -2.34. The molecule has 21 heavy (non-hydrogen) atoms. The first-order valence-electron chi connectivity index (χ1n) is 7.21. The largest absolute Gasteiger partial charge is 0.348 e. The Labute approximate surface area is 133 Å². The minimum atomic E-state index is -0.0966. The molecule has 1 fully saturated rings. The summed E-state index contributed by atoms with van der Waals surface area (Å²) < 4.78 is 0. The van der Waals surface area contributed by atoms with E-state index >= 15 is 0 Å². The molecule has 0 aliphatic carbocycles. The first kappa shape index (κ1) is 14.8. The van der Waals surface area contributed by atoms with Gasteiger partial charge in [0.1, 0.15) is 0 Å². The molecule has 112 valence electrons. The minimum Gasteiger partial charge on any atom is -0.348 e. The Morgan fingerprint density at radius 1 is 1.33 bits per heavy atom. The van der Waals surface area contributed by atoms with E-state index in [2.05, 4.69) is 40.1 Å². The predicted molar refractivity (Wildman–Crippen MR) is 90.8 cm³/mol. The van der Waals surface area contributed by atoms with Crippen LogP contribution in [-0.4, -0.2) is 53.6 Å². The van der Waals surface area contributed by atoms with Crippen molar-refractivity contribution < 1.29 is 4.79 Å². The number of carbonyl (C=O) groups excluding carboxylic acids is 1. The van der Waals surface area contributed by atoms with Crippen LogP contribution in [0.4, 0.5) is 0 Å². The van der Waals surface area contributed by atoms with E-state index in [4.69, 9.17) is 0 Å². The van der Waals surface area contributed by atoms with E-state index in [1.54, 1.807) is 11.3 Å². The quantitative estimate of drug-likeness (QED) is 0.785. The number of piperazine rings is 1. The molecule has 0 bridgehead atoms. The standard InChI is InChI=1S/C15H19N3OS2/c1-3-17-5-7-18(8-6-17)15-16-14(19)13(21-15)10-12-11(2)4-9-20-12/h4,9-10H,3,5-8H2,1-2H3/b13-10-. The molecule has 0 atom stereocenters. The van der Waals surface area contributed by atoms with Crippen molar-refractivity contribution >= 4 is 40.2 Å². The van der Waals surface area contributed by atoms with Gasteiger partial charge in [-0.05, 0) is 48.3 Å². The Balaban J connectivity index is 1.68. The molecule has 0 spiro atoms. The number of nitrogens with zero attached hydrogens (tertiary/aromatic N) is 3. The highest BCUT2D eigenvalue weighted by Gasteiger charge is 2.28. The van der Waals surface area contributed by atoms with E-state index in [1.165, 1.54) is 17.3 Å². The van der Waals surface area contributed by atoms with E-state index in [1.807, 2.05) is 6.08 Å². The zero-order chi connectivity index (χ0) is 14.8. The molecular weight excluding hydrogens is 302 g/mol. The fourth-order valence-electron chi connectivity index (χ4n) is 2.44. The molecule has 2 aliphatic heterocycles. The van der Waals surface area contributed by atoms with Gasteiger partial charge >= 0.3 is 0 Å². The van der Waals surface area contributed by atoms with Crippen molar-refractivity contribution in [2.45, 2.75) is 13.8 Å². The molecule has 1 aromatic rings. The van der Waals surface area contributed by atoms with Crippen LogP contribution in [0.15, 0.2) is 21.3 Å². The van der Waals surface area contributed by atoms with Crippen LogP contribution < -0.4 is 0 Å². The molecule has 6 heteroatoms. The van der Waals surface area contributed by atoms with Crippen LogP contribution in [0.3, 0.4) is 0 Å². The van der Waals surface area contributed by atoms with Crippen molar-refractivity contribution in [3.05, 3.63) is 26.8 Å². The molecule has 3 rings (SSSR count). The maximum atomic E-state index is 12.1. The van der Waals surface area contributed by atoms with Crippen molar-refractivity contribution in [1.82, 2.24) is 9.80 Å². The van der Waals surface area contributed by atoms with Crippen LogP contribution in [0, 0.1) is 6.92 Å². The molecule has 0 N–H and O–H groups in total. The number of likely N-dealkylation sites (N-methyl/N-ethyl adjacent to an activating group) is 1. The van der Waals surface area contributed by atoms with E-state index in [0.29, 0.717) is 0 Å². The van der Waals surface area contributed by atoms with Crippen LogP contribution in [-0.2, 0) is 4.79 Å². The monoisotopic (exact) mass is 321 g/mol. The lowest BCUT2D eigenvalue weighted by molar-refractivity contribution is -0.113. The molecule has 1 amide bonds. The number of amidine groups is 1. The molecule has 0 radical (unpaired) electrons. The van der Waals surface area contributed by atoms with Gasteiger partial charge in [0.15, 0.2) is 5.17 Å². The molecule has 0 unspecified atom stereocenters. The lowest BCUT2D eigenvalue weighted by Crippen LogP contribution is -2.47. The van der Waals surface area contributed by atoms with Crippen molar-refractivity contribution in [2.24, 2.45) is 4.99 Å². The number of rotatable bonds is 2. The maximum absolute atomic E-state index is 12.1. The van der Waals surface area contributed by atoms with Gasteiger partial charge in [-0.15, -0.1) is 11.3 Å². The van der Waals surface area contributed by atoms with E-state index in [0.717, 1.165) is 47.7 Å². The van der Waals surface area contributed by atoms with Crippen LogP contribution in [0.2, 0.25) is 0 Å². The highest BCUT2D eigenvalue weighted by molar-refractivity contribution is 8.18. The minimum absolute atomic E-state index is 0.0966. The first-order chi connectivity index (χ1) is 10.2. The summed E-state index contributed by atoms with van der Waals surface area (Å²) in [5.74, 6) is -0.0966. The molecular formula is C15H19N3OS2. The fourth-order valence-corrected chi connectivity index (χ4v) is 4.32. The Morgan fingerprint density at radius 3 is 2.71 bits per heavy atom. The number of thiophene rings is 1. The van der Waals surface area contributed by atoms with Gasteiger partial charge in [0, 0.05) is 31.1 Å². The third kappa shape index (κ3) is 3.22. The summed E-state index contributed by atoms with van der Waals surface area (Å²) in [5, 5.41) is 2.92. The third-order valence-corrected chi connectivity index (χ3v) is 5.87. The number of hydrogen-bond acceptors (Lipinski definition) is 5. The summed E-state index contributed by atoms with van der Waals surface area (Å²) in [6.45, 7) is 9.36. The molecule has 3 heterocycles. The molecule has 0 saturated carbocycles. The zero-order valence-corrected chi connectivity index (χ0v) is 14.0. The second-order valence-electron chi connectivity index (χ2n) is 5.20. The number of aryl methyl sites for hydroxylation is 1. The summed E-state index contributed by atoms with van der Waals surface area (Å²) in [4.78, 5) is 22.9. The Kier molecular flexibility index (Phi) is 4.47. The lowest BCUT2D eigenvalue weighted by atomic mass is 10.3. The smallest absolute Gasteiger partial charge is 0.286 e. The van der Waals surface area contributed by atoms with Crippen LogP contribution >= 0.6 is 23.1 Å². The SMILES string of the molecule is CCN1CCN(C2=NC(=O)/C(=C/c3sccc3C)S2)CC1. The van der Waals surface area contributed by atoms with E-state index < -0.39 is 0 Å². The normalized spacial score (nSPS) is 22.2. The number of hydrogen-bond donors (Lipinski definition) is 0. The topological polar surface area (TPSA) is 35.9 Å². The molecule has 1 saturated heterocycles. The highest BCUT2D eigenvalue weighted by atomic mass is 32.2. The first-order valence-corrected chi connectivity index (χ1v) is 8.91. The second kappa shape index (κ2) is 6.34. The van der Waals surface area contributed by atoms with Gasteiger partial charge in [-0.25, -0.2) is 0 Å². The number of thioether (sulfide) groups is 1. The van der Waals surface area contributed by atoms with Crippen molar-refractivity contribution in [2.75, 3.05) is 32.7 Å². The van der Waals surface area contributed by atoms with Gasteiger partial charge in [0.05, 0.1) is 4.91 Å². The Morgan fingerprint density at radius 2 is 2.10 bits per heavy atom. The van der Waals surface area contributed by atoms with Crippen LogP contribution in [0.5, 0.6) is 0 Å². The van der Waals surface area contributed by atoms with Crippen molar-refractivity contribution in [3.63, 3.8) is 0 Å². The van der Waals surface area contributed by atoms with Gasteiger partial charge in [-0.2, -0.15) is 4.99 Å². The average Bonchev–Trinajstić information content (AvgIpc) is 3.07. The zero-order valence-electron chi connectivity index (χ0n) is 12.3. The summed E-state index contributed by atoms with van der Waals surface area (Å²) in [5.41, 5.74) is 1.21. The number of amides is 1. The third-order valence-electron chi connectivity index (χ3n) is 3.86. The molecule has 4 nitrogen and oxygen atoms in total. The van der Waals surface area contributed by atoms with Crippen molar-refractivity contribution in [3.8, 4) is 0 Å². The maximum Gasteiger partial charge on any atom is 0.286 e. The summed E-state index contributed by atoms with van der Waals surface area (Å²) in [6, 6.07) is 2.08. The predicted octanol–water partition coefficient (Wildman–Crippen LogP) is 2.66. The van der Waals surface area contributed by atoms with E-state index in [9.17, 15) is 4.79 Å².